The Morgan fingerprint density at radius 3 is 2.60 bits per heavy atom. The van der Waals surface area contributed by atoms with E-state index < -0.39 is 23.7 Å². The summed E-state index contributed by atoms with van der Waals surface area (Å²) >= 11 is 0. The van der Waals surface area contributed by atoms with Crippen LogP contribution in [0.1, 0.15) is 18.4 Å². The van der Waals surface area contributed by atoms with Crippen LogP contribution in [0.3, 0.4) is 0 Å². The molecule has 0 bridgehead atoms. The molecule has 2 N–H and O–H groups in total. The average Bonchev–Trinajstić information content (AvgIpc) is 2.82. The second-order valence-corrected chi connectivity index (χ2v) is 4.89. The Bertz CT molecular complexity index is 461. The second kappa shape index (κ2) is 6.76. The SMILES string of the molecule is O=C(O)C1CCC(CNCCc2cc(F)cc(F)c2)O1. The lowest BCUT2D eigenvalue weighted by Gasteiger charge is -2.12. The van der Waals surface area contributed by atoms with E-state index >= 15 is 0 Å². The number of rotatable bonds is 6. The lowest BCUT2D eigenvalue weighted by Crippen LogP contribution is -2.30. The highest BCUT2D eigenvalue weighted by Gasteiger charge is 2.29. The van der Waals surface area contributed by atoms with Gasteiger partial charge in [0.1, 0.15) is 11.6 Å². The Morgan fingerprint density at radius 1 is 1.30 bits per heavy atom. The first-order valence-electron chi connectivity index (χ1n) is 6.58. The number of hydrogen-bond acceptors (Lipinski definition) is 3. The van der Waals surface area contributed by atoms with Crippen molar-refractivity contribution in [2.24, 2.45) is 0 Å². The van der Waals surface area contributed by atoms with Gasteiger partial charge in [-0.15, -0.1) is 0 Å². The summed E-state index contributed by atoms with van der Waals surface area (Å²) in [6.07, 6.45) is 0.915. The van der Waals surface area contributed by atoms with Gasteiger partial charge in [-0.3, -0.25) is 0 Å². The van der Waals surface area contributed by atoms with Crippen LogP contribution in [0.5, 0.6) is 0 Å². The minimum Gasteiger partial charge on any atom is -0.479 e. The van der Waals surface area contributed by atoms with Gasteiger partial charge in [0.05, 0.1) is 6.10 Å². The summed E-state index contributed by atoms with van der Waals surface area (Å²) in [5, 5.41) is 11.9. The summed E-state index contributed by atoms with van der Waals surface area (Å²) in [6, 6.07) is 3.45. The van der Waals surface area contributed by atoms with E-state index in [1.165, 1.54) is 12.1 Å². The number of carbonyl (C=O) groups is 1. The molecule has 0 saturated carbocycles. The predicted molar refractivity (Wildman–Crippen MR) is 68.5 cm³/mol. The maximum atomic E-state index is 13.0. The molecule has 4 nitrogen and oxygen atoms in total. The van der Waals surface area contributed by atoms with Gasteiger partial charge < -0.3 is 15.2 Å². The van der Waals surface area contributed by atoms with E-state index in [0.717, 1.165) is 6.07 Å². The molecular weight excluding hydrogens is 268 g/mol. The first kappa shape index (κ1) is 14.9. The molecule has 0 spiro atoms. The number of carboxylic acids is 1. The Kier molecular flexibility index (Phi) is 5.03. The largest absolute Gasteiger partial charge is 0.479 e. The van der Waals surface area contributed by atoms with Gasteiger partial charge >= 0.3 is 5.97 Å². The molecule has 1 aromatic rings. The van der Waals surface area contributed by atoms with E-state index in [1.807, 2.05) is 0 Å². The van der Waals surface area contributed by atoms with Gasteiger partial charge in [0.15, 0.2) is 6.10 Å². The van der Waals surface area contributed by atoms with E-state index in [-0.39, 0.29) is 6.10 Å². The van der Waals surface area contributed by atoms with E-state index in [2.05, 4.69) is 5.32 Å². The van der Waals surface area contributed by atoms with Crippen LogP contribution in [0.2, 0.25) is 0 Å². The molecule has 1 saturated heterocycles. The maximum absolute atomic E-state index is 13.0. The molecule has 0 amide bonds. The average molecular weight is 285 g/mol. The fourth-order valence-electron chi connectivity index (χ4n) is 2.29. The molecule has 0 radical (unpaired) electrons. The number of carboxylic acid groups (broad SMARTS) is 1. The van der Waals surface area contributed by atoms with Crippen LogP contribution in [0.25, 0.3) is 0 Å². The number of benzene rings is 1. The van der Waals surface area contributed by atoms with Gasteiger partial charge in [-0.25, -0.2) is 13.6 Å². The van der Waals surface area contributed by atoms with Crippen molar-refractivity contribution in [2.75, 3.05) is 13.1 Å². The van der Waals surface area contributed by atoms with Crippen LogP contribution < -0.4 is 5.32 Å². The molecule has 1 aromatic carbocycles. The number of ether oxygens (including phenoxy) is 1. The molecule has 0 aliphatic carbocycles. The van der Waals surface area contributed by atoms with Gasteiger partial charge in [0.2, 0.25) is 0 Å². The van der Waals surface area contributed by atoms with Crippen molar-refractivity contribution in [3.8, 4) is 0 Å². The third-order valence-corrected chi connectivity index (χ3v) is 3.27. The highest BCUT2D eigenvalue weighted by atomic mass is 19.1. The molecule has 6 heteroatoms. The second-order valence-electron chi connectivity index (χ2n) is 4.89. The molecule has 0 aromatic heterocycles. The Balaban J connectivity index is 1.68. The number of hydrogen-bond donors (Lipinski definition) is 2. The van der Waals surface area contributed by atoms with Crippen LogP contribution in [0.15, 0.2) is 18.2 Å². The molecule has 2 atom stereocenters. The monoisotopic (exact) mass is 285 g/mol. The van der Waals surface area contributed by atoms with Gasteiger partial charge in [-0.2, -0.15) is 0 Å². The maximum Gasteiger partial charge on any atom is 0.332 e. The summed E-state index contributed by atoms with van der Waals surface area (Å²) < 4.78 is 31.3. The Hall–Kier alpha value is -1.53. The highest BCUT2D eigenvalue weighted by molar-refractivity contribution is 5.72. The van der Waals surface area contributed by atoms with Gasteiger partial charge in [-0.1, -0.05) is 0 Å². The van der Waals surface area contributed by atoms with Crippen LogP contribution in [-0.4, -0.2) is 36.4 Å². The molecule has 110 valence electrons. The first-order valence-corrected chi connectivity index (χ1v) is 6.58. The van der Waals surface area contributed by atoms with E-state index in [0.29, 0.717) is 37.9 Å². The van der Waals surface area contributed by atoms with Crippen molar-refractivity contribution in [1.29, 1.82) is 0 Å². The quantitative estimate of drug-likeness (QED) is 0.782. The summed E-state index contributed by atoms with van der Waals surface area (Å²) in [6.45, 7) is 1.10. The van der Waals surface area contributed by atoms with Crippen LogP contribution in [-0.2, 0) is 16.0 Å². The van der Waals surface area contributed by atoms with E-state index in [1.54, 1.807) is 0 Å². The summed E-state index contributed by atoms with van der Waals surface area (Å²) in [5.74, 6) is -2.09. The van der Waals surface area contributed by atoms with Gasteiger partial charge in [0, 0.05) is 12.6 Å². The number of nitrogens with one attached hydrogen (secondary N) is 1. The Morgan fingerprint density at radius 2 is 2.00 bits per heavy atom. The normalized spacial score (nSPS) is 22.1. The molecule has 1 aliphatic heterocycles. The van der Waals surface area contributed by atoms with Crippen LogP contribution >= 0.6 is 0 Å². The van der Waals surface area contributed by atoms with Crippen molar-refractivity contribution >= 4 is 5.97 Å². The predicted octanol–water partition coefficient (Wildman–Crippen LogP) is 1.73. The zero-order valence-electron chi connectivity index (χ0n) is 10.9. The first-order chi connectivity index (χ1) is 9.54. The molecule has 1 aliphatic rings. The molecule has 2 unspecified atom stereocenters. The van der Waals surface area contributed by atoms with E-state index in [4.69, 9.17) is 9.84 Å². The van der Waals surface area contributed by atoms with E-state index in [9.17, 15) is 13.6 Å². The topological polar surface area (TPSA) is 58.6 Å². The summed E-state index contributed by atoms with van der Waals surface area (Å²) in [4.78, 5) is 10.7. The van der Waals surface area contributed by atoms with Crippen molar-refractivity contribution in [3.05, 3.63) is 35.4 Å². The number of halogens is 2. The van der Waals surface area contributed by atoms with Gasteiger partial charge in [0.25, 0.3) is 0 Å². The third-order valence-electron chi connectivity index (χ3n) is 3.27. The van der Waals surface area contributed by atoms with Crippen molar-refractivity contribution < 1.29 is 23.4 Å². The zero-order valence-corrected chi connectivity index (χ0v) is 10.9. The molecule has 1 fully saturated rings. The van der Waals surface area contributed by atoms with Crippen molar-refractivity contribution in [3.63, 3.8) is 0 Å². The minimum absolute atomic E-state index is 0.111. The standard InChI is InChI=1S/C14H17F2NO3/c15-10-5-9(6-11(16)7-10)3-4-17-8-12-1-2-13(20-12)14(18)19/h5-7,12-13,17H,1-4,8H2,(H,18,19). The molecule has 1 heterocycles. The highest BCUT2D eigenvalue weighted by Crippen LogP contribution is 2.19. The zero-order chi connectivity index (χ0) is 14.5. The number of aliphatic carboxylic acids is 1. The smallest absolute Gasteiger partial charge is 0.332 e. The van der Waals surface area contributed by atoms with Crippen molar-refractivity contribution in [1.82, 2.24) is 5.32 Å². The van der Waals surface area contributed by atoms with Gasteiger partial charge in [-0.05, 0) is 43.5 Å². The molecule has 2 rings (SSSR count). The lowest BCUT2D eigenvalue weighted by atomic mass is 10.1. The summed E-state index contributed by atoms with van der Waals surface area (Å²) in [7, 11) is 0. The molecule has 20 heavy (non-hydrogen) atoms. The Labute approximate surface area is 115 Å². The minimum atomic E-state index is -0.928. The fourth-order valence-corrected chi connectivity index (χ4v) is 2.29. The molecular formula is C14H17F2NO3. The lowest BCUT2D eigenvalue weighted by molar-refractivity contribution is -0.149. The van der Waals surface area contributed by atoms with Crippen LogP contribution in [0.4, 0.5) is 8.78 Å². The fraction of sp³-hybridized carbons (Fsp3) is 0.500. The third kappa shape index (κ3) is 4.25. The van der Waals surface area contributed by atoms with Crippen LogP contribution in [0, 0.1) is 11.6 Å². The summed E-state index contributed by atoms with van der Waals surface area (Å²) in [5.41, 5.74) is 0.589. The van der Waals surface area contributed by atoms with Crippen molar-refractivity contribution in [2.45, 2.75) is 31.5 Å².